The van der Waals surface area contributed by atoms with E-state index in [1.165, 1.54) is 0 Å². The van der Waals surface area contributed by atoms with E-state index in [4.69, 9.17) is 0 Å². The second-order valence-corrected chi connectivity index (χ2v) is 4.25. The zero-order chi connectivity index (χ0) is 11.7. The van der Waals surface area contributed by atoms with Crippen molar-refractivity contribution in [1.29, 1.82) is 0 Å². The van der Waals surface area contributed by atoms with Crippen LogP contribution in [0.1, 0.15) is 22.3 Å². The number of halogens is 2. The number of rotatable bonds is 3. The Morgan fingerprint density at radius 1 is 1.56 bits per heavy atom. The average molecular weight is 228 g/mol. The highest BCUT2D eigenvalue weighted by molar-refractivity contribution is 5.95. The summed E-state index contributed by atoms with van der Waals surface area (Å²) < 4.78 is 24.1. The number of aromatic amines is 1. The zero-order valence-electron chi connectivity index (χ0n) is 9.04. The number of aryl methyl sites for hydroxylation is 1. The van der Waals surface area contributed by atoms with Gasteiger partial charge in [-0.15, -0.1) is 0 Å². The number of aromatic nitrogens is 1. The van der Waals surface area contributed by atoms with E-state index in [0.29, 0.717) is 18.7 Å². The molecule has 1 aliphatic rings. The van der Waals surface area contributed by atoms with Gasteiger partial charge >= 0.3 is 0 Å². The molecule has 3 nitrogen and oxygen atoms in total. The second-order valence-electron chi connectivity index (χ2n) is 4.25. The lowest BCUT2D eigenvalue weighted by molar-refractivity contribution is 0.0280. The number of nitrogens with one attached hydrogen (secondary N) is 1. The van der Waals surface area contributed by atoms with Crippen molar-refractivity contribution in [1.82, 2.24) is 9.88 Å². The summed E-state index contributed by atoms with van der Waals surface area (Å²) in [5, 5.41) is 0. The van der Waals surface area contributed by atoms with Gasteiger partial charge in [-0.05, 0) is 18.4 Å². The minimum atomic E-state index is -2.27. The molecule has 2 heterocycles. The first-order valence-electron chi connectivity index (χ1n) is 5.28. The molecule has 0 bridgehead atoms. The molecular formula is C11H14F2N2O. The molecule has 88 valence electrons. The third-order valence-electron chi connectivity index (χ3n) is 2.94. The highest BCUT2D eigenvalue weighted by atomic mass is 19.3. The normalized spacial score (nSPS) is 16.6. The van der Waals surface area contributed by atoms with E-state index < -0.39 is 6.43 Å². The highest BCUT2D eigenvalue weighted by Gasteiger charge is 2.33. The molecule has 0 radical (unpaired) electrons. The molecule has 0 unspecified atom stereocenters. The van der Waals surface area contributed by atoms with E-state index in [1.807, 2.05) is 6.92 Å². The van der Waals surface area contributed by atoms with Gasteiger partial charge in [0.15, 0.2) is 0 Å². The largest absolute Gasteiger partial charge is 0.367 e. The van der Waals surface area contributed by atoms with Crippen molar-refractivity contribution in [3.05, 3.63) is 23.5 Å². The lowest BCUT2D eigenvalue weighted by Gasteiger charge is -2.39. The summed E-state index contributed by atoms with van der Waals surface area (Å²) in [4.78, 5) is 16.3. The fourth-order valence-electron chi connectivity index (χ4n) is 1.98. The number of hydrogen-bond donors (Lipinski definition) is 1. The van der Waals surface area contributed by atoms with Crippen LogP contribution in [0.3, 0.4) is 0 Å². The van der Waals surface area contributed by atoms with E-state index in [0.717, 1.165) is 5.56 Å². The summed E-state index contributed by atoms with van der Waals surface area (Å²) in [6.45, 7) is 2.75. The van der Waals surface area contributed by atoms with Crippen molar-refractivity contribution in [2.45, 2.75) is 19.8 Å². The summed E-state index contributed by atoms with van der Waals surface area (Å²) in [6, 6.07) is 0. The van der Waals surface area contributed by atoms with Gasteiger partial charge in [-0.1, -0.05) is 0 Å². The van der Waals surface area contributed by atoms with Gasteiger partial charge in [0, 0.05) is 31.9 Å². The molecule has 16 heavy (non-hydrogen) atoms. The molecule has 1 saturated heterocycles. The number of alkyl halides is 2. The lowest BCUT2D eigenvalue weighted by atomic mass is 9.95. The first kappa shape index (κ1) is 11.1. The number of likely N-dealkylation sites (tertiary alicyclic amines) is 1. The van der Waals surface area contributed by atoms with Crippen molar-refractivity contribution in [3.8, 4) is 0 Å². The molecule has 0 saturated carbocycles. The predicted octanol–water partition coefficient (Wildman–Crippen LogP) is 2.05. The van der Waals surface area contributed by atoms with Gasteiger partial charge < -0.3 is 9.88 Å². The Morgan fingerprint density at radius 3 is 2.75 bits per heavy atom. The molecule has 1 amide bonds. The van der Waals surface area contributed by atoms with Gasteiger partial charge in [0.05, 0.1) is 5.56 Å². The van der Waals surface area contributed by atoms with Crippen LogP contribution in [-0.2, 0) is 0 Å². The smallest absolute Gasteiger partial charge is 0.255 e. The second kappa shape index (κ2) is 4.23. The molecule has 5 heteroatoms. The molecule has 1 fully saturated rings. The van der Waals surface area contributed by atoms with Gasteiger partial charge in [0.25, 0.3) is 5.91 Å². The van der Waals surface area contributed by atoms with Crippen molar-refractivity contribution in [3.63, 3.8) is 0 Å². The SMILES string of the molecule is Cc1c[nH]cc1C(=O)N1CC(CC(F)F)C1. The quantitative estimate of drug-likeness (QED) is 0.844. The predicted molar refractivity (Wildman–Crippen MR) is 55.5 cm³/mol. The Balaban J connectivity index is 1.89. The van der Waals surface area contributed by atoms with E-state index in [9.17, 15) is 13.6 Å². The monoisotopic (exact) mass is 228 g/mol. The molecule has 1 aromatic heterocycles. The molecule has 0 aromatic carbocycles. The summed E-state index contributed by atoms with van der Waals surface area (Å²) in [6.07, 6.45) is 1.04. The van der Waals surface area contributed by atoms with Gasteiger partial charge in [-0.2, -0.15) is 0 Å². The highest BCUT2D eigenvalue weighted by Crippen LogP contribution is 2.24. The van der Waals surface area contributed by atoms with Crippen molar-refractivity contribution in [2.75, 3.05) is 13.1 Å². The maximum Gasteiger partial charge on any atom is 0.255 e. The van der Waals surface area contributed by atoms with Crippen LogP contribution in [0, 0.1) is 12.8 Å². The van der Waals surface area contributed by atoms with Gasteiger partial charge in [-0.25, -0.2) is 8.78 Å². The van der Waals surface area contributed by atoms with E-state index in [2.05, 4.69) is 4.98 Å². The first-order chi connectivity index (χ1) is 7.58. The van der Waals surface area contributed by atoms with Crippen LogP contribution in [0.5, 0.6) is 0 Å². The summed E-state index contributed by atoms with van der Waals surface area (Å²) in [5.74, 6) is -0.104. The standard InChI is InChI=1S/C11H14F2N2O/c1-7-3-14-4-9(7)11(16)15-5-8(6-15)2-10(12)13/h3-4,8,10,14H,2,5-6H2,1H3. The Labute approximate surface area is 92.4 Å². The zero-order valence-corrected chi connectivity index (χ0v) is 9.04. The van der Waals surface area contributed by atoms with Gasteiger partial charge in [-0.3, -0.25) is 4.79 Å². The number of carbonyl (C=O) groups is 1. The number of amides is 1. The third kappa shape index (κ3) is 2.08. The number of hydrogen-bond acceptors (Lipinski definition) is 1. The summed E-state index contributed by atoms with van der Waals surface area (Å²) in [7, 11) is 0. The van der Waals surface area contributed by atoms with Crippen LogP contribution in [0.25, 0.3) is 0 Å². The minimum absolute atomic E-state index is 0.0387. The fourth-order valence-corrected chi connectivity index (χ4v) is 1.98. The lowest BCUT2D eigenvalue weighted by Crippen LogP contribution is -2.50. The van der Waals surface area contributed by atoms with Crippen LogP contribution in [0.4, 0.5) is 8.78 Å². The number of nitrogens with zero attached hydrogens (tertiary/aromatic N) is 1. The topological polar surface area (TPSA) is 36.1 Å². The van der Waals surface area contributed by atoms with Crippen LogP contribution in [-0.4, -0.2) is 35.3 Å². The van der Waals surface area contributed by atoms with Gasteiger partial charge in [0.1, 0.15) is 0 Å². The molecule has 0 spiro atoms. The molecule has 1 aromatic rings. The Morgan fingerprint density at radius 2 is 2.25 bits per heavy atom. The van der Waals surface area contributed by atoms with Crippen LogP contribution >= 0.6 is 0 Å². The van der Waals surface area contributed by atoms with Crippen LogP contribution in [0.2, 0.25) is 0 Å². The van der Waals surface area contributed by atoms with Gasteiger partial charge in [0.2, 0.25) is 6.43 Å². The maximum atomic E-state index is 12.1. The Hall–Kier alpha value is -1.39. The Kier molecular flexibility index (Phi) is 2.94. The van der Waals surface area contributed by atoms with E-state index >= 15 is 0 Å². The molecular weight excluding hydrogens is 214 g/mol. The van der Waals surface area contributed by atoms with E-state index in [1.54, 1.807) is 17.3 Å². The molecule has 1 N–H and O–H groups in total. The van der Waals surface area contributed by atoms with Crippen molar-refractivity contribution in [2.24, 2.45) is 5.92 Å². The van der Waals surface area contributed by atoms with Crippen LogP contribution < -0.4 is 0 Å². The van der Waals surface area contributed by atoms with E-state index in [-0.39, 0.29) is 18.2 Å². The maximum absolute atomic E-state index is 12.1. The number of carbonyl (C=O) groups excluding carboxylic acids is 1. The third-order valence-corrected chi connectivity index (χ3v) is 2.94. The molecule has 0 atom stereocenters. The molecule has 0 aliphatic carbocycles. The first-order valence-corrected chi connectivity index (χ1v) is 5.28. The van der Waals surface area contributed by atoms with Crippen LogP contribution in [0.15, 0.2) is 12.4 Å². The van der Waals surface area contributed by atoms with Crippen molar-refractivity contribution < 1.29 is 13.6 Å². The summed E-state index contributed by atoms with van der Waals surface area (Å²) in [5.41, 5.74) is 1.53. The number of H-pyrrole nitrogens is 1. The van der Waals surface area contributed by atoms with Crippen molar-refractivity contribution >= 4 is 5.91 Å². The molecule has 2 rings (SSSR count). The average Bonchev–Trinajstić information content (AvgIpc) is 2.56. The fraction of sp³-hybridized carbons (Fsp3) is 0.545. The Bertz CT molecular complexity index is 383. The minimum Gasteiger partial charge on any atom is -0.367 e. The molecule has 1 aliphatic heterocycles. The summed E-state index contributed by atoms with van der Waals surface area (Å²) >= 11 is 0.